The number of unbranched alkanes of at least 4 members (excludes halogenated alkanes) is 1. The Morgan fingerprint density at radius 3 is 2.25 bits per heavy atom. The van der Waals surface area contributed by atoms with Gasteiger partial charge >= 0.3 is 0 Å². The summed E-state index contributed by atoms with van der Waals surface area (Å²) >= 11 is 0. The smallest absolute Gasteiger partial charge is 0.255 e. The van der Waals surface area contributed by atoms with Gasteiger partial charge in [0.2, 0.25) is 11.8 Å². The number of anilines is 1. The first-order valence-electron chi connectivity index (χ1n) is 19.9. The molecule has 4 heterocycles. The van der Waals surface area contributed by atoms with Gasteiger partial charge < -0.3 is 24.5 Å². The van der Waals surface area contributed by atoms with Crippen molar-refractivity contribution in [1.29, 1.82) is 0 Å². The number of phenols is 1. The molecule has 9 heteroatoms. The number of hydrogen-bond donors (Lipinski definition) is 2. The van der Waals surface area contributed by atoms with Crippen LogP contribution in [0.4, 0.5) is 5.69 Å². The summed E-state index contributed by atoms with van der Waals surface area (Å²) in [5.41, 5.74) is 8.95. The van der Waals surface area contributed by atoms with Crippen molar-refractivity contribution >= 4 is 34.6 Å². The first-order chi connectivity index (χ1) is 26.8. The van der Waals surface area contributed by atoms with Gasteiger partial charge in [0.1, 0.15) is 17.5 Å². The third kappa shape index (κ3) is 7.76. The van der Waals surface area contributed by atoms with Gasteiger partial charge in [-0.25, -0.2) is 0 Å². The van der Waals surface area contributed by atoms with Crippen LogP contribution in [0.1, 0.15) is 84.5 Å². The van der Waals surface area contributed by atoms with E-state index in [1.165, 1.54) is 29.6 Å². The van der Waals surface area contributed by atoms with Crippen molar-refractivity contribution < 1.29 is 24.2 Å². The summed E-state index contributed by atoms with van der Waals surface area (Å²) in [4.78, 5) is 43.8. The van der Waals surface area contributed by atoms with E-state index in [1.807, 2.05) is 30.3 Å². The van der Waals surface area contributed by atoms with Gasteiger partial charge in [-0.3, -0.25) is 19.7 Å². The minimum absolute atomic E-state index is 0.122. The van der Waals surface area contributed by atoms with E-state index < -0.39 is 6.04 Å². The number of phenolic OH excluding ortho intramolecular Hbond substituents is 1. The summed E-state index contributed by atoms with van der Waals surface area (Å²) in [7, 11) is 0. The largest absolute Gasteiger partial charge is 0.508 e. The summed E-state index contributed by atoms with van der Waals surface area (Å²) in [5, 5.41) is 12.3. The van der Waals surface area contributed by atoms with Crippen LogP contribution in [0, 0.1) is 5.41 Å². The van der Waals surface area contributed by atoms with Crippen LogP contribution in [0.15, 0.2) is 97.1 Å². The number of rotatable bonds is 12. The van der Waals surface area contributed by atoms with Gasteiger partial charge in [-0.15, -0.1) is 0 Å². The van der Waals surface area contributed by atoms with Crippen LogP contribution in [-0.2, 0) is 16.1 Å². The van der Waals surface area contributed by atoms with Crippen LogP contribution in [0.3, 0.4) is 0 Å². The van der Waals surface area contributed by atoms with Gasteiger partial charge in [-0.05, 0) is 134 Å². The Morgan fingerprint density at radius 1 is 0.855 bits per heavy atom. The SMILES string of the molecule is CC/C(=C(\c1ccc(O)cc1)c1ccc(OCCCCN2CCC3(CC2)CN(c2ccc4c(c2)CN(C2CCC(=O)NC2=O)C4=O)C3)cc1)c1ccccc1. The topological polar surface area (TPSA) is 102 Å². The van der Waals surface area contributed by atoms with Gasteiger partial charge in [0.25, 0.3) is 5.91 Å². The molecule has 2 N–H and O–H groups in total. The molecule has 0 aromatic heterocycles. The number of nitrogens with zero attached hydrogens (tertiary/aromatic N) is 3. The van der Waals surface area contributed by atoms with E-state index in [0.717, 1.165) is 80.1 Å². The molecule has 284 valence electrons. The Labute approximate surface area is 323 Å². The Morgan fingerprint density at radius 2 is 1.56 bits per heavy atom. The van der Waals surface area contributed by atoms with Crippen LogP contribution >= 0.6 is 0 Å². The van der Waals surface area contributed by atoms with E-state index in [1.54, 1.807) is 17.0 Å². The molecular formula is C46H50N4O5. The van der Waals surface area contributed by atoms with Crippen molar-refractivity contribution in [2.75, 3.05) is 44.2 Å². The predicted molar refractivity (Wildman–Crippen MR) is 215 cm³/mol. The van der Waals surface area contributed by atoms with Gasteiger partial charge in [0, 0.05) is 42.7 Å². The lowest BCUT2D eigenvalue weighted by Crippen LogP contribution is -2.60. The van der Waals surface area contributed by atoms with E-state index in [9.17, 15) is 19.5 Å². The van der Waals surface area contributed by atoms with E-state index in [0.29, 0.717) is 30.6 Å². The van der Waals surface area contributed by atoms with Crippen LogP contribution in [0.2, 0.25) is 0 Å². The highest BCUT2D eigenvalue weighted by Gasteiger charge is 2.45. The number of piperidine rings is 2. The highest BCUT2D eigenvalue weighted by atomic mass is 16.5. The molecule has 3 amide bonds. The number of allylic oxidation sites excluding steroid dienone is 1. The zero-order chi connectivity index (χ0) is 37.9. The highest BCUT2D eigenvalue weighted by Crippen LogP contribution is 2.44. The van der Waals surface area contributed by atoms with E-state index in [2.05, 4.69) is 76.6 Å². The average molecular weight is 739 g/mol. The minimum Gasteiger partial charge on any atom is -0.508 e. The van der Waals surface area contributed by atoms with E-state index in [4.69, 9.17) is 4.74 Å². The molecule has 0 aliphatic carbocycles. The number of aromatic hydroxyl groups is 1. The number of ether oxygens (including phenoxy) is 1. The molecule has 0 bridgehead atoms. The Bertz CT molecular complexity index is 2060. The molecule has 4 aliphatic heterocycles. The van der Waals surface area contributed by atoms with Crippen LogP contribution in [0.25, 0.3) is 11.1 Å². The van der Waals surface area contributed by atoms with E-state index in [-0.39, 0.29) is 29.9 Å². The Hall–Kier alpha value is -5.41. The first kappa shape index (κ1) is 36.6. The quantitative estimate of drug-likeness (QED) is 0.0895. The molecular weight excluding hydrogens is 689 g/mol. The Balaban J connectivity index is 0.782. The second-order valence-corrected chi connectivity index (χ2v) is 15.6. The van der Waals surface area contributed by atoms with Crippen molar-refractivity contribution in [2.24, 2.45) is 5.41 Å². The van der Waals surface area contributed by atoms with Gasteiger partial charge in [-0.2, -0.15) is 0 Å². The minimum atomic E-state index is -0.584. The van der Waals surface area contributed by atoms with Crippen molar-refractivity contribution in [1.82, 2.24) is 15.1 Å². The van der Waals surface area contributed by atoms with Crippen LogP contribution < -0.4 is 15.0 Å². The predicted octanol–water partition coefficient (Wildman–Crippen LogP) is 7.28. The number of fused-ring (bicyclic) bond motifs is 1. The maximum Gasteiger partial charge on any atom is 0.255 e. The fourth-order valence-corrected chi connectivity index (χ4v) is 8.92. The third-order valence-electron chi connectivity index (χ3n) is 12.1. The number of likely N-dealkylation sites (tertiary alicyclic amines) is 1. The summed E-state index contributed by atoms with van der Waals surface area (Å²) in [6, 6.07) is 31.9. The van der Waals surface area contributed by atoms with Gasteiger partial charge in [0.15, 0.2) is 0 Å². The fraction of sp³-hybridized carbons (Fsp3) is 0.370. The lowest BCUT2D eigenvalue weighted by atomic mass is 9.71. The molecule has 0 saturated carbocycles. The second kappa shape index (κ2) is 15.7. The molecule has 4 aromatic carbocycles. The van der Waals surface area contributed by atoms with E-state index >= 15 is 0 Å². The summed E-state index contributed by atoms with van der Waals surface area (Å²) in [6.45, 7) is 8.69. The number of amides is 3. The van der Waals surface area contributed by atoms with Crippen molar-refractivity contribution in [3.05, 3.63) is 125 Å². The molecule has 3 fully saturated rings. The van der Waals surface area contributed by atoms with Crippen molar-refractivity contribution in [3.63, 3.8) is 0 Å². The molecule has 4 aromatic rings. The molecule has 0 radical (unpaired) electrons. The molecule has 1 spiro atoms. The number of benzene rings is 4. The number of nitrogens with one attached hydrogen (secondary N) is 1. The van der Waals surface area contributed by atoms with Crippen molar-refractivity contribution in [2.45, 2.75) is 64.5 Å². The highest BCUT2D eigenvalue weighted by molar-refractivity contribution is 6.05. The Kier molecular flexibility index (Phi) is 10.5. The standard InChI is InChI=1S/C46H50N4O5/c1-2-39(32-8-4-3-5-9-32)43(33-10-15-37(51)16-11-33)34-12-17-38(18-13-34)55-27-7-6-24-48-25-22-46(23-26-48)30-49(31-46)36-14-19-40-35(28-36)29-50(45(40)54)41-20-21-42(52)47-44(41)53/h3-5,8-19,28,41,51H,2,6-7,20-27,29-31H2,1H3,(H,47,52,53)/b43-39-. The van der Waals surface area contributed by atoms with Gasteiger partial charge in [0.05, 0.1) is 6.61 Å². The van der Waals surface area contributed by atoms with Crippen LogP contribution in [-0.4, -0.2) is 78.0 Å². The summed E-state index contributed by atoms with van der Waals surface area (Å²) in [5.74, 6) is 0.376. The zero-order valence-corrected chi connectivity index (χ0v) is 31.6. The molecule has 55 heavy (non-hydrogen) atoms. The number of carbonyl (C=O) groups is 3. The molecule has 3 saturated heterocycles. The molecule has 1 atom stereocenters. The first-order valence-corrected chi connectivity index (χ1v) is 19.9. The van der Waals surface area contributed by atoms with Crippen molar-refractivity contribution in [3.8, 4) is 11.5 Å². The molecule has 1 unspecified atom stereocenters. The fourth-order valence-electron chi connectivity index (χ4n) is 8.92. The monoisotopic (exact) mass is 738 g/mol. The number of hydrogen-bond acceptors (Lipinski definition) is 7. The summed E-state index contributed by atoms with van der Waals surface area (Å²) in [6.07, 6.45) is 6.03. The lowest BCUT2D eigenvalue weighted by molar-refractivity contribution is -0.136. The summed E-state index contributed by atoms with van der Waals surface area (Å²) < 4.78 is 6.19. The normalized spacial score (nSPS) is 19.9. The molecule has 4 aliphatic rings. The zero-order valence-electron chi connectivity index (χ0n) is 31.6. The molecule has 9 nitrogen and oxygen atoms in total. The van der Waals surface area contributed by atoms with Gasteiger partial charge in [-0.1, -0.05) is 61.5 Å². The average Bonchev–Trinajstić information content (AvgIpc) is 3.52. The lowest BCUT2D eigenvalue weighted by Gasteiger charge is -2.55. The second-order valence-electron chi connectivity index (χ2n) is 15.6. The molecule has 8 rings (SSSR count). The number of carbonyl (C=O) groups excluding carboxylic acids is 3. The third-order valence-corrected chi connectivity index (χ3v) is 12.1. The van der Waals surface area contributed by atoms with Crippen LogP contribution in [0.5, 0.6) is 11.5 Å². The maximum atomic E-state index is 13.1. The number of imide groups is 1. The maximum absolute atomic E-state index is 13.1.